The van der Waals surface area contributed by atoms with Crippen LogP contribution in [0.15, 0.2) is 18.2 Å². The summed E-state index contributed by atoms with van der Waals surface area (Å²) in [7, 11) is 0. The van der Waals surface area contributed by atoms with Crippen LogP contribution >= 0.6 is 0 Å². The number of alkyl halides is 3. The Hall–Kier alpha value is -1.73. The molecule has 0 saturated carbocycles. The van der Waals surface area contributed by atoms with Crippen LogP contribution in [0.5, 0.6) is 0 Å². The molecule has 140 valence electrons. The van der Waals surface area contributed by atoms with Gasteiger partial charge in [-0.25, -0.2) is 0 Å². The Bertz CT molecular complexity index is 627. The van der Waals surface area contributed by atoms with E-state index in [1.807, 2.05) is 0 Å². The van der Waals surface area contributed by atoms with Gasteiger partial charge >= 0.3 is 150 Å². The Labute approximate surface area is 150 Å². The summed E-state index contributed by atoms with van der Waals surface area (Å²) in [5.41, 5.74) is -1.40. The molecule has 0 aliphatic heterocycles. The maximum absolute atomic E-state index is 12.9. The molecule has 0 radical (unpaired) electrons. The van der Waals surface area contributed by atoms with E-state index in [1.165, 1.54) is 0 Å². The molecule has 0 aliphatic rings. The summed E-state index contributed by atoms with van der Waals surface area (Å²) in [5.74, 6) is -0.497. The van der Waals surface area contributed by atoms with Crippen molar-refractivity contribution in [2.24, 2.45) is 0 Å². The topological polar surface area (TPSA) is 64.6 Å². The van der Waals surface area contributed by atoms with Crippen molar-refractivity contribution in [3.8, 4) is 0 Å². The van der Waals surface area contributed by atoms with E-state index < -0.39 is 44.4 Å². The van der Waals surface area contributed by atoms with Gasteiger partial charge in [-0.15, -0.1) is 0 Å². The molecule has 25 heavy (non-hydrogen) atoms. The SMILES string of the molecule is CCOC(=O)C[Se]c1cc(C(F)(F)F)ccc1NC(=O)OC(C)(C)C. The number of hydrogen-bond donors (Lipinski definition) is 1. The van der Waals surface area contributed by atoms with E-state index in [9.17, 15) is 22.8 Å². The third kappa shape index (κ3) is 7.79. The zero-order chi connectivity index (χ0) is 19.3. The quantitative estimate of drug-likeness (QED) is 0.580. The summed E-state index contributed by atoms with van der Waals surface area (Å²) in [5, 5.41) is 2.40. The maximum atomic E-state index is 12.9. The van der Waals surface area contributed by atoms with Gasteiger partial charge in [-0.1, -0.05) is 0 Å². The van der Waals surface area contributed by atoms with Crippen LogP contribution in [0, 0.1) is 0 Å². The first-order valence-corrected chi connectivity index (χ1v) is 9.49. The molecular weight excluding hydrogens is 406 g/mol. The van der Waals surface area contributed by atoms with Crippen molar-refractivity contribution in [3.63, 3.8) is 0 Å². The molecule has 0 bridgehead atoms. The molecule has 1 rings (SSSR count). The molecule has 1 N–H and O–H groups in total. The number of carbonyl (C=O) groups is 2. The van der Waals surface area contributed by atoms with Crippen LogP contribution in [0.4, 0.5) is 23.7 Å². The predicted molar refractivity (Wildman–Crippen MR) is 88.1 cm³/mol. The van der Waals surface area contributed by atoms with E-state index >= 15 is 0 Å². The first-order chi connectivity index (χ1) is 11.4. The van der Waals surface area contributed by atoms with E-state index in [0.29, 0.717) is 0 Å². The normalized spacial score (nSPS) is 11.8. The summed E-state index contributed by atoms with van der Waals surface area (Å²) in [4.78, 5) is 23.3. The zero-order valence-corrected chi connectivity index (χ0v) is 16.0. The molecular formula is C16H20F3NO4Se. The molecule has 0 aliphatic carbocycles. The average molecular weight is 426 g/mol. The Morgan fingerprint density at radius 2 is 1.84 bits per heavy atom. The summed E-state index contributed by atoms with van der Waals surface area (Å²) in [6.07, 6.45) is -5.29. The number of benzene rings is 1. The van der Waals surface area contributed by atoms with Crippen LogP contribution in [-0.4, -0.2) is 39.2 Å². The van der Waals surface area contributed by atoms with E-state index in [1.54, 1.807) is 27.7 Å². The molecule has 0 unspecified atom stereocenters. The van der Waals surface area contributed by atoms with Crippen LogP contribution in [0.25, 0.3) is 0 Å². The molecule has 0 saturated heterocycles. The van der Waals surface area contributed by atoms with Gasteiger partial charge in [-0.05, 0) is 0 Å². The number of carbonyl (C=O) groups excluding carboxylic acids is 2. The van der Waals surface area contributed by atoms with Crippen molar-refractivity contribution in [3.05, 3.63) is 23.8 Å². The van der Waals surface area contributed by atoms with E-state index in [-0.39, 0.29) is 22.1 Å². The van der Waals surface area contributed by atoms with E-state index in [0.717, 1.165) is 18.2 Å². The first-order valence-electron chi connectivity index (χ1n) is 7.42. The van der Waals surface area contributed by atoms with Gasteiger partial charge in [-0.3, -0.25) is 0 Å². The van der Waals surface area contributed by atoms with Gasteiger partial charge in [-0.2, -0.15) is 0 Å². The Balaban J connectivity index is 3.01. The summed E-state index contributed by atoms with van der Waals surface area (Å²) in [6.45, 7) is 6.85. The molecule has 0 atom stereocenters. The fourth-order valence-electron chi connectivity index (χ4n) is 1.67. The fourth-order valence-corrected chi connectivity index (χ4v) is 3.44. The average Bonchev–Trinajstić information content (AvgIpc) is 2.43. The van der Waals surface area contributed by atoms with Crippen LogP contribution < -0.4 is 9.78 Å². The van der Waals surface area contributed by atoms with Crippen molar-refractivity contribution in [2.45, 2.75) is 44.8 Å². The van der Waals surface area contributed by atoms with Gasteiger partial charge in [0.1, 0.15) is 0 Å². The van der Waals surface area contributed by atoms with Crippen LogP contribution in [0.3, 0.4) is 0 Å². The Kier molecular flexibility index (Phi) is 7.31. The monoisotopic (exact) mass is 427 g/mol. The predicted octanol–water partition coefficient (Wildman–Crippen LogP) is 3.36. The minimum atomic E-state index is -4.51. The number of anilines is 1. The number of amides is 1. The second kappa shape index (κ2) is 8.58. The van der Waals surface area contributed by atoms with Gasteiger partial charge in [0, 0.05) is 0 Å². The van der Waals surface area contributed by atoms with Gasteiger partial charge < -0.3 is 0 Å². The number of rotatable bonds is 5. The van der Waals surface area contributed by atoms with Crippen LogP contribution in [0.2, 0.25) is 5.32 Å². The molecule has 0 aromatic heterocycles. The molecule has 1 aromatic carbocycles. The summed E-state index contributed by atoms with van der Waals surface area (Å²) < 4.78 is 48.9. The molecule has 1 aromatic rings. The van der Waals surface area contributed by atoms with Gasteiger partial charge in [0.25, 0.3) is 0 Å². The molecule has 1 amide bonds. The molecule has 5 nitrogen and oxygen atoms in total. The van der Waals surface area contributed by atoms with Gasteiger partial charge in [0.05, 0.1) is 0 Å². The summed E-state index contributed by atoms with van der Waals surface area (Å²) >= 11 is -0.641. The standard InChI is InChI=1S/C16H20F3NO4Se/c1-5-23-13(21)9-25-12-8-10(16(17,18)19)6-7-11(12)20-14(22)24-15(2,3)4/h6-8H,5,9H2,1-4H3,(H,20,22). The minimum absolute atomic E-state index is 0.0366. The van der Waals surface area contributed by atoms with E-state index in [2.05, 4.69) is 5.32 Å². The third-order valence-corrected chi connectivity index (χ3v) is 4.75. The number of halogens is 3. The van der Waals surface area contributed by atoms with Crippen molar-refractivity contribution in [1.29, 1.82) is 0 Å². The first kappa shape index (κ1) is 21.3. The van der Waals surface area contributed by atoms with Crippen molar-refractivity contribution in [2.75, 3.05) is 11.9 Å². The van der Waals surface area contributed by atoms with Gasteiger partial charge in [0.2, 0.25) is 0 Å². The van der Waals surface area contributed by atoms with Gasteiger partial charge in [0.15, 0.2) is 0 Å². The van der Waals surface area contributed by atoms with Crippen molar-refractivity contribution >= 4 is 37.2 Å². The molecule has 0 heterocycles. The summed E-state index contributed by atoms with van der Waals surface area (Å²) in [6, 6.07) is 2.97. The molecule has 0 fully saturated rings. The Morgan fingerprint density at radius 1 is 1.20 bits per heavy atom. The second-order valence-electron chi connectivity index (χ2n) is 5.93. The third-order valence-electron chi connectivity index (χ3n) is 2.60. The molecule has 0 spiro atoms. The number of hydrogen-bond acceptors (Lipinski definition) is 4. The van der Waals surface area contributed by atoms with Crippen molar-refractivity contribution in [1.82, 2.24) is 0 Å². The van der Waals surface area contributed by atoms with Crippen LogP contribution in [0.1, 0.15) is 33.3 Å². The number of esters is 1. The fraction of sp³-hybridized carbons (Fsp3) is 0.500. The zero-order valence-electron chi connectivity index (χ0n) is 14.3. The second-order valence-corrected chi connectivity index (χ2v) is 8.06. The van der Waals surface area contributed by atoms with E-state index in [4.69, 9.17) is 9.47 Å². The number of ether oxygens (including phenoxy) is 2. The Morgan fingerprint density at radius 3 is 2.36 bits per heavy atom. The van der Waals surface area contributed by atoms with Crippen molar-refractivity contribution < 1.29 is 32.2 Å². The molecule has 9 heteroatoms. The number of nitrogens with one attached hydrogen (secondary N) is 1. The van der Waals surface area contributed by atoms with Crippen LogP contribution in [-0.2, 0) is 20.4 Å².